The van der Waals surface area contributed by atoms with Gasteiger partial charge in [-0.2, -0.15) is 0 Å². The highest BCUT2D eigenvalue weighted by Gasteiger charge is 2.28. The van der Waals surface area contributed by atoms with Crippen molar-refractivity contribution >= 4 is 11.9 Å². The smallest absolute Gasteiger partial charge is 0.303 e. The van der Waals surface area contributed by atoms with Crippen molar-refractivity contribution in [1.82, 2.24) is 5.32 Å². The molecule has 0 aliphatic heterocycles. The Morgan fingerprint density at radius 3 is 1.95 bits per heavy atom. The van der Waals surface area contributed by atoms with Gasteiger partial charge in [0, 0.05) is 6.42 Å². The molecule has 106 valence electrons. The van der Waals surface area contributed by atoms with E-state index in [4.69, 9.17) is 5.11 Å². The quantitative estimate of drug-likeness (QED) is 0.905. The number of nitrogens with one attached hydrogen (secondary N) is 1. The van der Waals surface area contributed by atoms with Gasteiger partial charge in [-0.1, -0.05) is 48.5 Å². The minimum absolute atomic E-state index is 0.00380. The molecular weight excluding hydrogens is 266 g/mol. The molecule has 3 rings (SSSR count). The van der Waals surface area contributed by atoms with Crippen LogP contribution in [0.15, 0.2) is 48.5 Å². The first-order valence-electron chi connectivity index (χ1n) is 6.86. The van der Waals surface area contributed by atoms with E-state index in [0.717, 1.165) is 22.3 Å². The predicted octanol–water partition coefficient (Wildman–Crippen LogP) is 2.74. The first kappa shape index (κ1) is 13.4. The fraction of sp³-hybridized carbons (Fsp3) is 0.176. The summed E-state index contributed by atoms with van der Waals surface area (Å²) in [6.07, 6.45) is -0.155. The lowest BCUT2D eigenvalue weighted by atomic mass is 10.1. The molecule has 2 aromatic rings. The van der Waals surface area contributed by atoms with Crippen LogP contribution >= 0.6 is 0 Å². The number of aliphatic carboxylic acids is 1. The summed E-state index contributed by atoms with van der Waals surface area (Å²) in [5.41, 5.74) is 4.36. The van der Waals surface area contributed by atoms with Crippen LogP contribution in [0.2, 0.25) is 0 Å². The van der Waals surface area contributed by atoms with Crippen molar-refractivity contribution < 1.29 is 14.7 Å². The number of rotatable bonds is 4. The van der Waals surface area contributed by atoms with E-state index in [1.807, 2.05) is 48.5 Å². The van der Waals surface area contributed by atoms with Crippen molar-refractivity contribution in [3.05, 3.63) is 59.7 Å². The standard InChI is InChI=1S/C17H15NO3/c19-15(9-10-16(20)21)18-17-13-7-3-1-5-11(13)12-6-2-4-8-14(12)17/h1-8,17H,9-10H2,(H,18,19)(H,20,21). The van der Waals surface area contributed by atoms with Gasteiger partial charge in [0.15, 0.2) is 0 Å². The number of amides is 1. The SMILES string of the molecule is O=C(O)CCC(=O)NC1c2ccccc2-c2ccccc21. The van der Waals surface area contributed by atoms with Crippen LogP contribution < -0.4 is 5.32 Å². The summed E-state index contributed by atoms with van der Waals surface area (Å²) in [5, 5.41) is 11.6. The number of benzene rings is 2. The lowest BCUT2D eigenvalue weighted by molar-refractivity contribution is -0.138. The van der Waals surface area contributed by atoms with E-state index >= 15 is 0 Å². The molecule has 1 aliphatic carbocycles. The second kappa shape index (κ2) is 5.40. The number of carboxylic acid groups (broad SMARTS) is 1. The second-order valence-corrected chi connectivity index (χ2v) is 5.07. The highest BCUT2D eigenvalue weighted by atomic mass is 16.4. The average Bonchev–Trinajstić information content (AvgIpc) is 2.80. The zero-order valence-corrected chi connectivity index (χ0v) is 11.4. The Morgan fingerprint density at radius 2 is 1.43 bits per heavy atom. The fourth-order valence-corrected chi connectivity index (χ4v) is 2.76. The molecule has 4 nitrogen and oxygen atoms in total. The number of carbonyl (C=O) groups excluding carboxylic acids is 1. The Morgan fingerprint density at radius 1 is 0.905 bits per heavy atom. The number of hydrogen-bond acceptors (Lipinski definition) is 2. The van der Waals surface area contributed by atoms with E-state index in [9.17, 15) is 9.59 Å². The molecule has 1 aliphatic rings. The molecule has 1 amide bonds. The van der Waals surface area contributed by atoms with E-state index in [0.29, 0.717) is 0 Å². The topological polar surface area (TPSA) is 66.4 Å². The van der Waals surface area contributed by atoms with Gasteiger partial charge in [-0.3, -0.25) is 9.59 Å². The molecule has 0 heterocycles. The maximum atomic E-state index is 11.9. The third-order valence-corrected chi connectivity index (χ3v) is 3.71. The molecule has 0 fully saturated rings. The summed E-state index contributed by atoms with van der Waals surface area (Å²) < 4.78 is 0. The van der Waals surface area contributed by atoms with Crippen molar-refractivity contribution in [3.63, 3.8) is 0 Å². The minimum atomic E-state index is -0.961. The van der Waals surface area contributed by atoms with Crippen molar-refractivity contribution in [2.24, 2.45) is 0 Å². The van der Waals surface area contributed by atoms with Crippen LogP contribution in [0, 0.1) is 0 Å². The van der Waals surface area contributed by atoms with Gasteiger partial charge < -0.3 is 10.4 Å². The van der Waals surface area contributed by atoms with E-state index in [2.05, 4.69) is 5.32 Å². The summed E-state index contributed by atoms with van der Waals surface area (Å²) in [5.74, 6) is -1.20. The molecular formula is C17H15NO3. The lowest BCUT2D eigenvalue weighted by Crippen LogP contribution is -2.28. The summed E-state index contributed by atoms with van der Waals surface area (Å²) in [6, 6.07) is 15.7. The maximum absolute atomic E-state index is 11.9. The first-order valence-corrected chi connectivity index (χ1v) is 6.86. The van der Waals surface area contributed by atoms with Gasteiger partial charge in [0.05, 0.1) is 12.5 Å². The molecule has 0 unspecified atom stereocenters. The molecule has 0 radical (unpaired) electrons. The van der Waals surface area contributed by atoms with Gasteiger partial charge >= 0.3 is 5.97 Å². The molecule has 0 aromatic heterocycles. The number of carboxylic acids is 1. The highest BCUT2D eigenvalue weighted by Crippen LogP contribution is 2.42. The minimum Gasteiger partial charge on any atom is -0.481 e. The number of hydrogen-bond donors (Lipinski definition) is 2. The van der Waals surface area contributed by atoms with Gasteiger partial charge in [0.2, 0.25) is 5.91 Å². The summed E-state index contributed by atoms with van der Waals surface area (Å²) in [4.78, 5) is 22.5. The number of fused-ring (bicyclic) bond motifs is 3. The number of carbonyl (C=O) groups is 2. The monoisotopic (exact) mass is 281 g/mol. The highest BCUT2D eigenvalue weighted by molar-refractivity contribution is 5.85. The van der Waals surface area contributed by atoms with Gasteiger partial charge in [-0.05, 0) is 22.3 Å². The Bertz CT molecular complexity index is 663. The molecule has 0 spiro atoms. The molecule has 2 N–H and O–H groups in total. The Labute approximate surface area is 122 Å². The maximum Gasteiger partial charge on any atom is 0.303 e. The van der Waals surface area contributed by atoms with Crippen LogP contribution in [0.4, 0.5) is 0 Å². The molecule has 2 aromatic carbocycles. The third kappa shape index (κ3) is 2.52. The van der Waals surface area contributed by atoms with Crippen LogP contribution in [0.3, 0.4) is 0 Å². The Balaban J connectivity index is 1.88. The van der Waals surface area contributed by atoms with E-state index in [1.54, 1.807) is 0 Å². The normalized spacial score (nSPS) is 12.6. The average molecular weight is 281 g/mol. The molecule has 0 atom stereocenters. The molecule has 4 heteroatoms. The van der Waals surface area contributed by atoms with Crippen LogP contribution in [0.25, 0.3) is 11.1 Å². The largest absolute Gasteiger partial charge is 0.481 e. The zero-order chi connectivity index (χ0) is 14.8. The summed E-state index contributed by atoms with van der Waals surface area (Å²) in [7, 11) is 0. The van der Waals surface area contributed by atoms with E-state index in [-0.39, 0.29) is 24.8 Å². The molecule has 0 saturated carbocycles. The van der Waals surface area contributed by atoms with Crippen LogP contribution in [-0.2, 0) is 9.59 Å². The third-order valence-electron chi connectivity index (χ3n) is 3.71. The van der Waals surface area contributed by atoms with Crippen molar-refractivity contribution in [1.29, 1.82) is 0 Å². The van der Waals surface area contributed by atoms with Gasteiger partial charge in [-0.25, -0.2) is 0 Å². The zero-order valence-electron chi connectivity index (χ0n) is 11.4. The van der Waals surface area contributed by atoms with Gasteiger partial charge in [0.1, 0.15) is 0 Å². The fourth-order valence-electron chi connectivity index (χ4n) is 2.76. The van der Waals surface area contributed by atoms with Gasteiger partial charge in [-0.15, -0.1) is 0 Å². The molecule has 21 heavy (non-hydrogen) atoms. The molecule has 0 saturated heterocycles. The van der Waals surface area contributed by atoms with Crippen molar-refractivity contribution in [3.8, 4) is 11.1 Å². The Hall–Kier alpha value is -2.62. The van der Waals surface area contributed by atoms with Crippen LogP contribution in [0.1, 0.15) is 30.0 Å². The predicted molar refractivity (Wildman–Crippen MR) is 78.7 cm³/mol. The Kier molecular flexibility index (Phi) is 3.44. The van der Waals surface area contributed by atoms with Crippen molar-refractivity contribution in [2.75, 3.05) is 0 Å². The van der Waals surface area contributed by atoms with Crippen LogP contribution in [-0.4, -0.2) is 17.0 Å². The second-order valence-electron chi connectivity index (χ2n) is 5.07. The lowest BCUT2D eigenvalue weighted by Gasteiger charge is -2.15. The molecule has 0 bridgehead atoms. The van der Waals surface area contributed by atoms with E-state index < -0.39 is 5.97 Å². The van der Waals surface area contributed by atoms with E-state index in [1.165, 1.54) is 0 Å². The summed E-state index contributed by atoms with van der Waals surface area (Å²) >= 11 is 0. The van der Waals surface area contributed by atoms with Crippen LogP contribution in [0.5, 0.6) is 0 Å². The first-order chi connectivity index (χ1) is 10.2. The van der Waals surface area contributed by atoms with Gasteiger partial charge in [0.25, 0.3) is 0 Å². The van der Waals surface area contributed by atoms with Crippen molar-refractivity contribution in [2.45, 2.75) is 18.9 Å². The summed E-state index contributed by atoms with van der Waals surface area (Å²) in [6.45, 7) is 0.